The molecule has 0 aliphatic carbocycles. The first kappa shape index (κ1) is 23.2. The van der Waals surface area contributed by atoms with Crippen LogP contribution in [0.3, 0.4) is 0 Å². The van der Waals surface area contributed by atoms with Gasteiger partial charge in [-0.15, -0.1) is 0 Å². The van der Waals surface area contributed by atoms with E-state index in [1.165, 1.54) is 45.9 Å². The number of hydrogen-bond acceptors (Lipinski definition) is 11. The van der Waals surface area contributed by atoms with Crippen molar-refractivity contribution in [3.05, 3.63) is 58.6 Å². The normalized spacial score (nSPS) is 10.1. The first-order chi connectivity index (χ1) is 14.4. The Kier molecular flexibility index (Phi) is 9.61. The molecule has 2 N–H and O–H groups in total. The number of carbonyl (C=O) groups is 2. The zero-order valence-electron chi connectivity index (χ0n) is 15.6. The summed E-state index contributed by atoms with van der Waals surface area (Å²) in [5.74, 6) is 1.51. The van der Waals surface area contributed by atoms with Crippen molar-refractivity contribution in [2.45, 2.75) is 0 Å². The number of rotatable bonds is 10. The molecule has 2 rings (SSSR count). The number of nitrogens with zero attached hydrogens (tertiary/aromatic N) is 1. The van der Waals surface area contributed by atoms with Gasteiger partial charge in [0.15, 0.2) is 0 Å². The lowest BCUT2D eigenvalue weighted by molar-refractivity contribution is -0.384. The molecule has 0 aliphatic rings. The highest BCUT2D eigenvalue weighted by Gasteiger charge is 2.09. The molecule has 0 saturated heterocycles. The van der Waals surface area contributed by atoms with Crippen LogP contribution >= 0.6 is 21.6 Å². The molecule has 0 saturated carbocycles. The van der Waals surface area contributed by atoms with E-state index in [0.717, 1.165) is 0 Å². The Morgan fingerprint density at radius 1 is 0.833 bits per heavy atom. The minimum atomic E-state index is -0.900. The van der Waals surface area contributed by atoms with E-state index < -0.39 is 17.2 Å². The average Bonchev–Trinajstić information content (AvgIpc) is 2.72. The minimum Gasteiger partial charge on any atom is -0.433 e. The zero-order chi connectivity index (χ0) is 21.8. The molecule has 0 heterocycles. The van der Waals surface area contributed by atoms with Gasteiger partial charge in [-0.1, -0.05) is 21.6 Å². The van der Waals surface area contributed by atoms with Gasteiger partial charge in [0.05, 0.1) is 4.92 Å². The molecule has 0 atom stereocenters. The van der Waals surface area contributed by atoms with Crippen LogP contribution in [-0.2, 0) is 9.47 Å². The van der Waals surface area contributed by atoms with Crippen LogP contribution in [0, 0.1) is 10.1 Å². The molecule has 0 amide bonds. The van der Waals surface area contributed by atoms with Crippen molar-refractivity contribution in [1.82, 2.24) is 0 Å². The van der Waals surface area contributed by atoms with Gasteiger partial charge in [-0.3, -0.25) is 10.1 Å². The highest BCUT2D eigenvalue weighted by atomic mass is 33.1. The fraction of sp³-hybridized carbons (Fsp3) is 0.222. The summed E-state index contributed by atoms with van der Waals surface area (Å²) < 4.78 is 19.7. The number of non-ortho nitro benzene ring substituents is 1. The maximum Gasteiger partial charge on any atom is 0.513 e. The largest absolute Gasteiger partial charge is 0.513 e. The number of nitrogen functional groups attached to an aromatic ring is 1. The molecule has 30 heavy (non-hydrogen) atoms. The first-order valence-electron chi connectivity index (χ1n) is 8.47. The maximum absolute atomic E-state index is 11.5. The molecule has 0 fully saturated rings. The Labute approximate surface area is 179 Å². The van der Waals surface area contributed by atoms with Crippen LogP contribution in [0.4, 0.5) is 21.0 Å². The molecule has 12 heteroatoms. The van der Waals surface area contributed by atoms with Gasteiger partial charge in [-0.05, 0) is 36.4 Å². The van der Waals surface area contributed by atoms with E-state index >= 15 is 0 Å². The number of nitro benzene ring substituents is 1. The first-order valence-corrected chi connectivity index (χ1v) is 11.0. The molecule has 10 nitrogen and oxygen atoms in total. The Bertz CT molecular complexity index is 846. The van der Waals surface area contributed by atoms with Crippen LogP contribution in [0.2, 0.25) is 0 Å². The molecule has 0 aliphatic heterocycles. The molecule has 0 spiro atoms. The van der Waals surface area contributed by atoms with Crippen molar-refractivity contribution < 1.29 is 33.5 Å². The Balaban J connectivity index is 1.48. The molecule has 0 unspecified atom stereocenters. The predicted octanol–water partition coefficient (Wildman–Crippen LogP) is 4.29. The monoisotopic (exact) mass is 454 g/mol. The minimum absolute atomic E-state index is 0.105. The SMILES string of the molecule is Nc1ccc(OC(=O)OCCSSCCOC(=O)Oc2ccc([N+](=O)[O-])cc2)cc1. The van der Waals surface area contributed by atoms with Crippen molar-refractivity contribution in [1.29, 1.82) is 0 Å². The average molecular weight is 454 g/mol. The molecule has 2 aromatic carbocycles. The molecule has 160 valence electrons. The van der Waals surface area contributed by atoms with Crippen LogP contribution in [0.5, 0.6) is 11.5 Å². The summed E-state index contributed by atoms with van der Waals surface area (Å²) in [7, 11) is 2.86. The third kappa shape index (κ3) is 8.92. The number of anilines is 1. The molecule has 0 bridgehead atoms. The van der Waals surface area contributed by atoms with Crippen LogP contribution in [0.15, 0.2) is 48.5 Å². The molecular formula is C18H18N2O8S2. The Morgan fingerprint density at radius 2 is 1.27 bits per heavy atom. The lowest BCUT2D eigenvalue weighted by Crippen LogP contribution is -2.13. The van der Waals surface area contributed by atoms with Crippen molar-refractivity contribution in [3.8, 4) is 11.5 Å². The van der Waals surface area contributed by atoms with Crippen LogP contribution < -0.4 is 15.2 Å². The number of ether oxygens (including phenoxy) is 4. The van der Waals surface area contributed by atoms with E-state index in [4.69, 9.17) is 24.7 Å². The topological polar surface area (TPSA) is 140 Å². The summed E-state index contributed by atoms with van der Waals surface area (Å²) in [6.45, 7) is 0.276. The van der Waals surface area contributed by atoms with E-state index in [2.05, 4.69) is 0 Å². The van der Waals surface area contributed by atoms with Gasteiger partial charge >= 0.3 is 12.3 Å². The van der Waals surface area contributed by atoms with E-state index in [9.17, 15) is 19.7 Å². The number of nitro groups is 1. The second kappa shape index (κ2) is 12.4. The fourth-order valence-corrected chi connectivity index (χ4v) is 3.51. The number of benzene rings is 2. The summed E-state index contributed by atoms with van der Waals surface area (Å²) in [4.78, 5) is 33.1. The molecule has 0 radical (unpaired) electrons. The van der Waals surface area contributed by atoms with Gasteiger partial charge < -0.3 is 24.7 Å². The van der Waals surface area contributed by atoms with Crippen molar-refractivity contribution in [3.63, 3.8) is 0 Å². The zero-order valence-corrected chi connectivity index (χ0v) is 17.2. The van der Waals surface area contributed by atoms with Crippen LogP contribution in [-0.4, -0.2) is 42.0 Å². The van der Waals surface area contributed by atoms with E-state index in [1.807, 2.05) is 0 Å². The highest BCUT2D eigenvalue weighted by molar-refractivity contribution is 8.76. The Morgan fingerprint density at radius 3 is 1.70 bits per heavy atom. The van der Waals surface area contributed by atoms with Crippen LogP contribution in [0.25, 0.3) is 0 Å². The number of hydrogen-bond donors (Lipinski definition) is 1. The van der Waals surface area contributed by atoms with Gasteiger partial charge in [0.2, 0.25) is 0 Å². The van der Waals surface area contributed by atoms with Gasteiger partial charge in [-0.25, -0.2) is 9.59 Å². The van der Waals surface area contributed by atoms with Crippen molar-refractivity contribution in [2.24, 2.45) is 0 Å². The maximum atomic E-state index is 11.5. The highest BCUT2D eigenvalue weighted by Crippen LogP contribution is 2.21. The summed E-state index contributed by atoms with van der Waals surface area (Å²) in [5.41, 5.74) is 6.00. The molecule has 0 aromatic heterocycles. The molecule has 2 aromatic rings. The summed E-state index contributed by atoms with van der Waals surface area (Å²) in [5, 5.41) is 10.6. The van der Waals surface area contributed by atoms with Crippen LogP contribution in [0.1, 0.15) is 0 Å². The predicted molar refractivity (Wildman–Crippen MR) is 113 cm³/mol. The second-order valence-electron chi connectivity index (χ2n) is 5.37. The van der Waals surface area contributed by atoms with Gasteiger partial charge in [0, 0.05) is 29.3 Å². The quantitative estimate of drug-likeness (QED) is 0.104. The smallest absolute Gasteiger partial charge is 0.433 e. The third-order valence-electron chi connectivity index (χ3n) is 3.19. The van der Waals surface area contributed by atoms with Gasteiger partial charge in [0.1, 0.15) is 24.7 Å². The number of carbonyl (C=O) groups excluding carboxylic acids is 2. The second-order valence-corrected chi connectivity index (χ2v) is 8.07. The van der Waals surface area contributed by atoms with Crippen molar-refractivity contribution in [2.75, 3.05) is 30.5 Å². The third-order valence-corrected chi connectivity index (χ3v) is 5.52. The van der Waals surface area contributed by atoms with Gasteiger partial charge in [-0.2, -0.15) is 0 Å². The summed E-state index contributed by atoms with van der Waals surface area (Å²) in [6, 6.07) is 11.4. The van der Waals surface area contributed by atoms with Gasteiger partial charge in [0.25, 0.3) is 5.69 Å². The summed E-state index contributed by atoms with van der Waals surface area (Å²) in [6.07, 6.45) is -1.70. The van der Waals surface area contributed by atoms with E-state index in [0.29, 0.717) is 22.9 Å². The molecular weight excluding hydrogens is 436 g/mol. The number of nitrogens with two attached hydrogens (primary N) is 1. The van der Waals surface area contributed by atoms with Crippen molar-refractivity contribution >= 4 is 45.3 Å². The lowest BCUT2D eigenvalue weighted by atomic mass is 10.3. The standard InChI is InChI=1S/C18H18N2O8S2/c19-13-1-5-15(6-2-13)27-17(21)25-9-11-29-30-12-10-26-18(22)28-16-7-3-14(4-8-16)20(23)24/h1-8H,9-12,19H2. The Hall–Kier alpha value is -3.12. The van der Waals surface area contributed by atoms with E-state index in [1.54, 1.807) is 24.3 Å². The fourth-order valence-electron chi connectivity index (χ4n) is 1.86. The van der Waals surface area contributed by atoms with E-state index in [-0.39, 0.29) is 24.7 Å². The lowest BCUT2D eigenvalue weighted by Gasteiger charge is -2.07. The summed E-state index contributed by atoms with van der Waals surface area (Å²) >= 11 is 0.